The minimum Gasteiger partial charge on any atom is -0.481 e. The molecule has 1 aromatic heterocycles. The van der Waals surface area contributed by atoms with E-state index in [4.69, 9.17) is 21.8 Å². The summed E-state index contributed by atoms with van der Waals surface area (Å²) < 4.78 is 0. The molecule has 1 aromatic carbocycles. The highest BCUT2D eigenvalue weighted by atomic mass is 35.5. The average Bonchev–Trinajstić information content (AvgIpc) is 2.73. The van der Waals surface area contributed by atoms with E-state index in [1.807, 2.05) is 0 Å². The van der Waals surface area contributed by atoms with Crippen LogP contribution in [-0.4, -0.2) is 27.1 Å². The van der Waals surface area contributed by atoms with Crippen molar-refractivity contribution in [3.63, 3.8) is 0 Å². The number of rotatable bonds is 4. The van der Waals surface area contributed by atoms with Crippen molar-refractivity contribution in [2.75, 3.05) is 0 Å². The Morgan fingerprint density at radius 2 is 1.84 bits per heavy atom. The molecule has 0 unspecified atom stereocenters. The number of aromatic nitrogens is 1. The Labute approximate surface area is 117 Å². The number of carboxylic acids is 2. The molecule has 0 aliphatic rings. The number of carbonyl (C=O) groups is 2. The van der Waals surface area contributed by atoms with E-state index >= 15 is 0 Å². The van der Waals surface area contributed by atoms with Gasteiger partial charge in [-0.25, -0.2) is 9.78 Å². The van der Waals surface area contributed by atoms with Crippen LogP contribution >= 0.6 is 22.9 Å². The van der Waals surface area contributed by atoms with Crippen molar-refractivity contribution >= 4 is 34.9 Å². The molecule has 0 aliphatic heterocycles. The minimum absolute atomic E-state index is 0.0487. The summed E-state index contributed by atoms with van der Waals surface area (Å²) in [4.78, 5) is 25.8. The maximum absolute atomic E-state index is 11.1. The van der Waals surface area contributed by atoms with Gasteiger partial charge in [-0.1, -0.05) is 23.7 Å². The van der Waals surface area contributed by atoms with E-state index in [-0.39, 0.29) is 10.6 Å². The Morgan fingerprint density at radius 3 is 2.37 bits per heavy atom. The van der Waals surface area contributed by atoms with Gasteiger partial charge in [0.25, 0.3) is 0 Å². The number of nitrogens with zero attached hydrogens (tertiary/aromatic N) is 1. The SMILES string of the molecule is O=C(O)Cc1nc(-c2ccc(Cl)cc2)sc1C(=O)O. The highest BCUT2D eigenvalue weighted by Gasteiger charge is 2.20. The molecule has 5 nitrogen and oxygen atoms in total. The monoisotopic (exact) mass is 297 g/mol. The van der Waals surface area contributed by atoms with E-state index in [1.165, 1.54) is 0 Å². The number of aliphatic carboxylic acids is 1. The summed E-state index contributed by atoms with van der Waals surface area (Å²) in [7, 11) is 0. The smallest absolute Gasteiger partial charge is 0.347 e. The van der Waals surface area contributed by atoms with Crippen LogP contribution in [0.2, 0.25) is 5.02 Å². The number of halogens is 1. The summed E-state index contributed by atoms with van der Waals surface area (Å²) in [5.74, 6) is -2.29. The minimum atomic E-state index is -1.17. The predicted octanol–water partition coefficient (Wildman–Crippen LogP) is 2.79. The second kappa shape index (κ2) is 5.38. The number of aromatic carboxylic acids is 1. The molecule has 0 fully saturated rings. The van der Waals surface area contributed by atoms with Gasteiger partial charge in [-0.05, 0) is 12.1 Å². The molecule has 7 heteroatoms. The molecule has 0 saturated carbocycles. The zero-order valence-corrected chi connectivity index (χ0v) is 11.0. The zero-order chi connectivity index (χ0) is 14.0. The van der Waals surface area contributed by atoms with Crippen molar-refractivity contribution in [2.45, 2.75) is 6.42 Å². The fraction of sp³-hybridized carbons (Fsp3) is 0.0833. The first-order valence-corrected chi connectivity index (χ1v) is 6.37. The third-order valence-corrected chi connectivity index (χ3v) is 3.69. The lowest BCUT2D eigenvalue weighted by Crippen LogP contribution is -2.05. The van der Waals surface area contributed by atoms with Gasteiger partial charge in [0, 0.05) is 10.6 Å². The van der Waals surface area contributed by atoms with Crippen molar-refractivity contribution in [2.24, 2.45) is 0 Å². The molecular formula is C12H8ClNO4S. The molecule has 0 radical (unpaired) electrons. The first-order valence-electron chi connectivity index (χ1n) is 5.18. The van der Waals surface area contributed by atoms with Gasteiger partial charge < -0.3 is 10.2 Å². The van der Waals surface area contributed by atoms with E-state index in [9.17, 15) is 9.59 Å². The molecule has 1 heterocycles. The Morgan fingerprint density at radius 1 is 1.21 bits per heavy atom. The number of hydrogen-bond donors (Lipinski definition) is 2. The summed E-state index contributed by atoms with van der Waals surface area (Å²) >= 11 is 6.72. The maximum atomic E-state index is 11.1. The second-order valence-corrected chi connectivity index (χ2v) is 5.11. The highest BCUT2D eigenvalue weighted by molar-refractivity contribution is 7.17. The van der Waals surface area contributed by atoms with Crippen LogP contribution in [0.1, 0.15) is 15.4 Å². The summed E-state index contributed by atoms with van der Waals surface area (Å²) in [5.41, 5.74) is 0.767. The summed E-state index contributed by atoms with van der Waals surface area (Å²) in [6, 6.07) is 6.74. The van der Waals surface area contributed by atoms with Crippen LogP contribution in [0.25, 0.3) is 10.6 Å². The van der Waals surface area contributed by atoms with Gasteiger partial charge in [-0.3, -0.25) is 4.79 Å². The van der Waals surface area contributed by atoms with Gasteiger partial charge in [0.2, 0.25) is 0 Å². The van der Waals surface area contributed by atoms with Crippen LogP contribution < -0.4 is 0 Å². The molecule has 0 amide bonds. The largest absolute Gasteiger partial charge is 0.481 e. The molecule has 0 spiro atoms. The van der Waals surface area contributed by atoms with Crippen LogP contribution in [0.4, 0.5) is 0 Å². The normalized spacial score (nSPS) is 10.4. The molecule has 2 rings (SSSR count). The first-order chi connectivity index (χ1) is 8.97. The van der Waals surface area contributed by atoms with Gasteiger partial charge >= 0.3 is 11.9 Å². The first kappa shape index (κ1) is 13.5. The van der Waals surface area contributed by atoms with E-state index in [1.54, 1.807) is 24.3 Å². The Balaban J connectivity index is 2.45. The standard InChI is InChI=1S/C12H8ClNO4S/c13-7-3-1-6(2-4-7)11-14-8(5-9(15)16)10(19-11)12(17)18/h1-4H,5H2,(H,15,16)(H,17,18). The lowest BCUT2D eigenvalue weighted by atomic mass is 10.2. The van der Waals surface area contributed by atoms with Crippen molar-refractivity contribution in [1.82, 2.24) is 4.98 Å². The van der Waals surface area contributed by atoms with Crippen molar-refractivity contribution in [1.29, 1.82) is 0 Å². The number of benzene rings is 1. The highest BCUT2D eigenvalue weighted by Crippen LogP contribution is 2.29. The Kier molecular flexibility index (Phi) is 3.82. The van der Waals surface area contributed by atoms with Crippen molar-refractivity contribution in [3.8, 4) is 10.6 Å². The average molecular weight is 298 g/mol. The zero-order valence-electron chi connectivity index (χ0n) is 9.46. The third kappa shape index (κ3) is 3.10. The van der Waals surface area contributed by atoms with Gasteiger partial charge in [-0.2, -0.15) is 0 Å². The molecular weight excluding hydrogens is 290 g/mol. The lowest BCUT2D eigenvalue weighted by Gasteiger charge is -1.95. The van der Waals surface area contributed by atoms with Crippen LogP contribution in [0.3, 0.4) is 0 Å². The van der Waals surface area contributed by atoms with Crippen LogP contribution in [-0.2, 0) is 11.2 Å². The van der Waals surface area contributed by atoms with Gasteiger partial charge in [0.1, 0.15) is 9.88 Å². The lowest BCUT2D eigenvalue weighted by molar-refractivity contribution is -0.136. The number of carboxylic acid groups (broad SMARTS) is 2. The second-order valence-electron chi connectivity index (χ2n) is 3.68. The fourth-order valence-electron chi connectivity index (χ4n) is 1.50. The summed E-state index contributed by atoms with van der Waals surface area (Å²) in [5, 5.41) is 18.8. The van der Waals surface area contributed by atoms with Gasteiger partial charge in [0.15, 0.2) is 0 Å². The van der Waals surface area contributed by atoms with Crippen molar-refractivity contribution < 1.29 is 19.8 Å². The third-order valence-electron chi connectivity index (χ3n) is 2.30. The topological polar surface area (TPSA) is 87.5 Å². The van der Waals surface area contributed by atoms with Crippen molar-refractivity contribution in [3.05, 3.63) is 39.9 Å². The molecule has 19 heavy (non-hydrogen) atoms. The van der Waals surface area contributed by atoms with E-state index < -0.39 is 18.4 Å². The summed E-state index contributed by atoms with van der Waals surface area (Å²) in [6.45, 7) is 0. The summed E-state index contributed by atoms with van der Waals surface area (Å²) in [6.07, 6.45) is -0.411. The molecule has 0 bridgehead atoms. The molecule has 98 valence electrons. The van der Waals surface area contributed by atoms with Gasteiger partial charge in [0.05, 0.1) is 12.1 Å². The number of thiazole rings is 1. The fourth-order valence-corrected chi connectivity index (χ4v) is 2.55. The van der Waals surface area contributed by atoms with Crippen LogP contribution in [0.5, 0.6) is 0 Å². The predicted molar refractivity (Wildman–Crippen MR) is 70.9 cm³/mol. The van der Waals surface area contributed by atoms with E-state index in [2.05, 4.69) is 4.98 Å². The van der Waals surface area contributed by atoms with Crippen LogP contribution in [0.15, 0.2) is 24.3 Å². The molecule has 0 aliphatic carbocycles. The Hall–Kier alpha value is -1.92. The van der Waals surface area contributed by atoms with Crippen LogP contribution in [0, 0.1) is 0 Å². The van der Waals surface area contributed by atoms with E-state index in [0.717, 1.165) is 11.3 Å². The molecule has 2 N–H and O–H groups in total. The molecule has 0 saturated heterocycles. The number of hydrogen-bond acceptors (Lipinski definition) is 4. The quantitative estimate of drug-likeness (QED) is 0.906. The van der Waals surface area contributed by atoms with Gasteiger partial charge in [-0.15, -0.1) is 11.3 Å². The molecule has 0 atom stereocenters. The Bertz CT molecular complexity index is 636. The van der Waals surface area contributed by atoms with E-state index in [0.29, 0.717) is 15.6 Å². The maximum Gasteiger partial charge on any atom is 0.347 e. The molecule has 2 aromatic rings.